The molecule has 2 rings (SSSR count). The highest BCUT2D eigenvalue weighted by Crippen LogP contribution is 2.41. The number of β-lactam (4-membered cyclic amide) rings is 1. The predicted octanol–water partition coefficient (Wildman–Crippen LogP) is 4.02. The molecule has 0 aliphatic carbocycles. The minimum absolute atomic E-state index is 0.245. The van der Waals surface area contributed by atoms with Crippen molar-refractivity contribution in [3.05, 3.63) is 24.2 Å². The molecule has 0 unspecified atom stereocenters. The molecule has 1 fully saturated rings. The van der Waals surface area contributed by atoms with E-state index in [9.17, 15) is 9.59 Å². The minimum Gasteiger partial charge on any atom is -0.467 e. The lowest BCUT2D eigenvalue weighted by molar-refractivity contribution is -0.160. The molecular weight excluding hydrogens is 336 g/mol. The van der Waals surface area contributed by atoms with Gasteiger partial charge in [0.15, 0.2) is 14.4 Å². The zero-order valence-corrected chi connectivity index (χ0v) is 16.9. The summed E-state index contributed by atoms with van der Waals surface area (Å²) in [5.74, 6) is 0.363. The second-order valence-corrected chi connectivity index (χ2v) is 11.1. The van der Waals surface area contributed by atoms with E-state index < -0.39 is 20.5 Å². The van der Waals surface area contributed by atoms with E-state index in [4.69, 9.17) is 8.84 Å². The van der Waals surface area contributed by atoms with Gasteiger partial charge in [0.1, 0.15) is 11.8 Å². The fourth-order valence-electron chi connectivity index (χ4n) is 3.44. The molecule has 6 nitrogen and oxygen atoms in total. The number of rotatable bonds is 8. The van der Waals surface area contributed by atoms with Gasteiger partial charge in [0.2, 0.25) is 0 Å². The summed E-state index contributed by atoms with van der Waals surface area (Å²) in [6.07, 6.45) is 0.955. The van der Waals surface area contributed by atoms with Crippen LogP contribution in [0.15, 0.2) is 22.8 Å². The largest absolute Gasteiger partial charge is 0.467 e. The van der Waals surface area contributed by atoms with Gasteiger partial charge in [0.05, 0.1) is 6.26 Å². The fourth-order valence-corrected chi connectivity index (χ4v) is 6.21. The Bertz CT molecular complexity index is 574. The van der Waals surface area contributed by atoms with E-state index in [0.29, 0.717) is 18.8 Å². The number of furan rings is 1. The molecule has 1 aromatic rings. The molecule has 0 saturated carbocycles. The number of hydrogen-bond acceptors (Lipinski definition) is 4. The molecule has 2 heterocycles. The van der Waals surface area contributed by atoms with Crippen LogP contribution in [0.3, 0.4) is 0 Å². The molecule has 0 spiro atoms. The van der Waals surface area contributed by atoms with Crippen molar-refractivity contribution in [3.8, 4) is 0 Å². The molecule has 0 N–H and O–H groups in total. The first kappa shape index (κ1) is 19.7. The summed E-state index contributed by atoms with van der Waals surface area (Å²) in [6.45, 7) is 11.3. The van der Waals surface area contributed by atoms with E-state index in [1.165, 1.54) is 4.90 Å². The number of urea groups is 1. The van der Waals surface area contributed by atoms with Crippen LogP contribution in [0, 0.1) is 0 Å². The summed E-state index contributed by atoms with van der Waals surface area (Å²) >= 11 is 0. The number of carbonyl (C=O) groups excluding carboxylic acids is 2. The second kappa shape index (κ2) is 8.18. The van der Waals surface area contributed by atoms with E-state index in [-0.39, 0.29) is 11.9 Å². The van der Waals surface area contributed by atoms with Crippen molar-refractivity contribution >= 4 is 20.3 Å². The van der Waals surface area contributed by atoms with Crippen molar-refractivity contribution in [2.24, 2.45) is 0 Å². The molecule has 1 aliphatic heterocycles. The van der Waals surface area contributed by atoms with Crippen molar-refractivity contribution in [1.29, 1.82) is 0 Å². The van der Waals surface area contributed by atoms with Gasteiger partial charge in [-0.05, 0) is 44.1 Å². The van der Waals surface area contributed by atoms with Crippen LogP contribution in [-0.2, 0) is 9.22 Å². The third kappa shape index (κ3) is 3.53. The molecule has 0 aromatic carbocycles. The highest BCUT2D eigenvalue weighted by atomic mass is 28.4. The van der Waals surface area contributed by atoms with E-state index in [2.05, 4.69) is 20.8 Å². The zero-order chi connectivity index (χ0) is 18.6. The smallest absolute Gasteiger partial charge is 0.327 e. The van der Waals surface area contributed by atoms with Crippen LogP contribution in [0.5, 0.6) is 0 Å². The Hall–Kier alpha value is -1.60. The third-order valence-corrected chi connectivity index (χ3v) is 10.1. The number of nitrogens with zero attached hydrogens (tertiary/aromatic N) is 2. The van der Waals surface area contributed by atoms with Gasteiger partial charge in [-0.15, -0.1) is 0 Å². The highest BCUT2D eigenvalue weighted by Gasteiger charge is 2.56. The molecule has 0 bridgehead atoms. The Balaban J connectivity index is 2.30. The van der Waals surface area contributed by atoms with Gasteiger partial charge in [-0.2, -0.15) is 0 Å². The number of carbonyl (C=O) groups is 2. The van der Waals surface area contributed by atoms with Gasteiger partial charge in [-0.3, -0.25) is 4.79 Å². The van der Waals surface area contributed by atoms with E-state index in [0.717, 1.165) is 18.1 Å². The Kier molecular flexibility index (Phi) is 6.45. The number of likely N-dealkylation sites (tertiary alicyclic amines) is 1. The van der Waals surface area contributed by atoms with Crippen molar-refractivity contribution in [1.82, 2.24) is 9.80 Å². The predicted molar refractivity (Wildman–Crippen MR) is 98.7 cm³/mol. The topological polar surface area (TPSA) is 63.0 Å². The molecule has 2 atom stereocenters. The van der Waals surface area contributed by atoms with Crippen molar-refractivity contribution in [3.63, 3.8) is 0 Å². The number of hydrogen-bond donors (Lipinski definition) is 0. The lowest BCUT2D eigenvalue weighted by atomic mass is 9.96. The summed E-state index contributed by atoms with van der Waals surface area (Å²) in [5.41, 5.74) is 0. The standard InChI is InChI=1S/C18H30N2O4Si/c1-6-19(7-2)18(22)20-15(14-12-11-13-23-14)16(17(20)21)24-25(8-3,9-4)10-5/h11-13,15-16H,6-10H2,1-5H3/t15-,16+/m0/s1. The maximum atomic E-state index is 12.8. The maximum Gasteiger partial charge on any atom is 0.327 e. The molecule has 25 heavy (non-hydrogen) atoms. The first-order valence-corrected chi connectivity index (χ1v) is 11.8. The van der Waals surface area contributed by atoms with E-state index >= 15 is 0 Å². The SMILES string of the molecule is CCN(CC)C(=O)N1C(=O)[C@H](O[Si](CC)(CC)CC)[C@@H]1c1ccco1. The van der Waals surface area contributed by atoms with Crippen LogP contribution in [0.1, 0.15) is 46.4 Å². The molecule has 7 heteroatoms. The van der Waals surface area contributed by atoms with Crippen LogP contribution < -0.4 is 0 Å². The summed E-state index contributed by atoms with van der Waals surface area (Å²) in [5, 5.41) is 0. The molecule has 1 aromatic heterocycles. The Morgan fingerprint density at radius 1 is 1.20 bits per heavy atom. The lowest BCUT2D eigenvalue weighted by Crippen LogP contribution is -2.66. The Morgan fingerprint density at radius 2 is 1.80 bits per heavy atom. The molecule has 140 valence electrons. The van der Waals surface area contributed by atoms with Crippen molar-refractivity contribution in [2.45, 2.75) is 64.9 Å². The normalized spacial score (nSPS) is 20.5. The fraction of sp³-hybridized carbons (Fsp3) is 0.667. The zero-order valence-electron chi connectivity index (χ0n) is 15.9. The third-order valence-electron chi connectivity index (χ3n) is 5.43. The number of imide groups is 1. The van der Waals surface area contributed by atoms with E-state index in [1.54, 1.807) is 17.2 Å². The molecular formula is C18H30N2O4Si. The molecule has 3 amide bonds. The first-order chi connectivity index (χ1) is 12.0. The first-order valence-electron chi connectivity index (χ1n) is 9.31. The average Bonchev–Trinajstić information content (AvgIpc) is 3.15. The van der Waals surface area contributed by atoms with Crippen LogP contribution in [-0.4, -0.2) is 49.2 Å². The highest BCUT2D eigenvalue weighted by molar-refractivity contribution is 6.73. The van der Waals surface area contributed by atoms with Crippen molar-refractivity contribution < 1.29 is 18.4 Å². The Labute approximate surface area is 151 Å². The van der Waals surface area contributed by atoms with Crippen LogP contribution in [0.25, 0.3) is 0 Å². The minimum atomic E-state index is -1.97. The molecule has 1 saturated heterocycles. The average molecular weight is 367 g/mol. The Morgan fingerprint density at radius 3 is 2.24 bits per heavy atom. The lowest BCUT2D eigenvalue weighted by Gasteiger charge is -2.48. The van der Waals surface area contributed by atoms with Gasteiger partial charge in [0, 0.05) is 13.1 Å². The van der Waals surface area contributed by atoms with Crippen LogP contribution >= 0.6 is 0 Å². The molecule has 1 aliphatic rings. The van der Waals surface area contributed by atoms with Gasteiger partial charge in [-0.25, -0.2) is 9.69 Å². The monoisotopic (exact) mass is 366 g/mol. The second-order valence-electron chi connectivity index (χ2n) is 6.41. The number of amides is 3. The van der Waals surface area contributed by atoms with Crippen LogP contribution in [0.4, 0.5) is 4.79 Å². The molecule has 0 radical (unpaired) electrons. The van der Waals surface area contributed by atoms with Crippen LogP contribution in [0.2, 0.25) is 18.1 Å². The summed E-state index contributed by atoms with van der Waals surface area (Å²) in [6, 6.07) is 5.72. The van der Waals surface area contributed by atoms with Gasteiger partial charge in [-0.1, -0.05) is 20.8 Å². The van der Waals surface area contributed by atoms with Gasteiger partial charge in [0.25, 0.3) is 5.91 Å². The van der Waals surface area contributed by atoms with E-state index in [1.807, 2.05) is 19.9 Å². The van der Waals surface area contributed by atoms with Crippen molar-refractivity contribution in [2.75, 3.05) is 13.1 Å². The van der Waals surface area contributed by atoms with Gasteiger partial charge < -0.3 is 13.7 Å². The summed E-state index contributed by atoms with van der Waals surface area (Å²) in [4.78, 5) is 28.5. The quantitative estimate of drug-likeness (QED) is 0.515. The van der Waals surface area contributed by atoms with Gasteiger partial charge >= 0.3 is 6.03 Å². The summed E-state index contributed by atoms with van der Waals surface area (Å²) < 4.78 is 11.9. The summed E-state index contributed by atoms with van der Waals surface area (Å²) in [7, 11) is -1.97. The maximum absolute atomic E-state index is 12.8.